The Morgan fingerprint density at radius 1 is 0.639 bits per heavy atom. The zero-order chi connectivity index (χ0) is 26.5. The number of hydrogen-bond donors (Lipinski definition) is 1. The van der Waals surface area contributed by atoms with Crippen molar-refractivity contribution in [3.63, 3.8) is 0 Å². The molecule has 0 aliphatic carbocycles. The second-order valence-corrected chi connectivity index (χ2v) is 10.2. The summed E-state index contributed by atoms with van der Waals surface area (Å²) in [4.78, 5) is 24.2. The van der Waals surface area contributed by atoms with Crippen molar-refractivity contribution < 1.29 is 28.2 Å². The van der Waals surface area contributed by atoms with Crippen molar-refractivity contribution >= 4 is 20.6 Å². The Labute approximate surface area is 222 Å². The van der Waals surface area contributed by atoms with Gasteiger partial charge >= 0.3 is 20.6 Å². The lowest BCUT2D eigenvalue weighted by molar-refractivity contribution is -0.160. The van der Waals surface area contributed by atoms with Gasteiger partial charge in [-0.15, -0.1) is 0 Å². The molecule has 7 nitrogen and oxygen atoms in total. The van der Waals surface area contributed by atoms with E-state index in [9.17, 15) is 14.2 Å². The monoisotopic (exact) mass is 531 g/mol. The van der Waals surface area contributed by atoms with Gasteiger partial charge in [0.1, 0.15) is 13.2 Å². The maximum atomic E-state index is 12.1. The third-order valence-corrected chi connectivity index (χ3v) is 6.62. The Hall–Kier alpha value is -1.04. The van der Waals surface area contributed by atoms with Gasteiger partial charge in [-0.3, -0.25) is 14.1 Å². The molecule has 0 aliphatic rings. The summed E-state index contributed by atoms with van der Waals surface area (Å²) in [5.74, 6) is -0.625. The van der Waals surface area contributed by atoms with E-state index in [0.29, 0.717) is 12.8 Å². The second kappa shape index (κ2) is 28.5. The first-order valence-electron chi connectivity index (χ1n) is 14.6. The highest BCUT2D eigenvalue weighted by atomic mass is 31.1. The molecule has 0 heterocycles. The zero-order valence-corrected chi connectivity index (χ0v) is 23.9. The Balaban J connectivity index is 3.79. The fourth-order valence-electron chi connectivity index (χ4n) is 4.14. The predicted molar refractivity (Wildman–Crippen MR) is 146 cm³/mol. The number of carbonyl (C=O) groups is 2. The van der Waals surface area contributed by atoms with Gasteiger partial charge in [0.05, 0.1) is 0 Å². The molecule has 0 aromatic heterocycles. The summed E-state index contributed by atoms with van der Waals surface area (Å²) in [5, 5.41) is 0. The van der Waals surface area contributed by atoms with E-state index >= 15 is 0 Å². The molecule has 8 heteroatoms. The van der Waals surface area contributed by atoms with Crippen LogP contribution in [0.25, 0.3) is 0 Å². The van der Waals surface area contributed by atoms with Crippen LogP contribution < -0.4 is 5.73 Å². The second-order valence-electron chi connectivity index (χ2n) is 9.82. The van der Waals surface area contributed by atoms with Crippen molar-refractivity contribution in [3.05, 3.63) is 0 Å². The molecular formula is C28H54NO6P. The highest BCUT2D eigenvalue weighted by Gasteiger charge is 2.17. The normalized spacial score (nSPS) is 12.1. The number of unbranched alkanes of at least 4 members (excludes halogenated alkanes) is 17. The SMILES string of the molecule is CCCCCCCCCCC(=O)O[C@@H](COP=O)COC(=O)CCCCCCCCCCCCCN. The van der Waals surface area contributed by atoms with Gasteiger partial charge in [-0.2, -0.15) is 0 Å². The minimum absolute atomic E-state index is 0.0610. The number of nitrogens with two attached hydrogens (primary N) is 1. The summed E-state index contributed by atoms with van der Waals surface area (Å²) in [7, 11) is -0.487. The van der Waals surface area contributed by atoms with Gasteiger partial charge in [0.25, 0.3) is 0 Å². The van der Waals surface area contributed by atoms with Crippen molar-refractivity contribution in [1.82, 2.24) is 0 Å². The number of carbonyl (C=O) groups excluding carboxylic acids is 2. The van der Waals surface area contributed by atoms with E-state index in [0.717, 1.165) is 51.5 Å². The van der Waals surface area contributed by atoms with E-state index < -0.39 is 14.8 Å². The molecule has 2 N–H and O–H groups in total. The van der Waals surface area contributed by atoms with Crippen molar-refractivity contribution in [1.29, 1.82) is 0 Å². The van der Waals surface area contributed by atoms with Gasteiger partial charge in [0.15, 0.2) is 6.10 Å². The van der Waals surface area contributed by atoms with E-state index in [2.05, 4.69) is 6.92 Å². The molecule has 0 amide bonds. The first-order valence-corrected chi connectivity index (χ1v) is 15.4. The number of rotatable bonds is 28. The lowest BCUT2D eigenvalue weighted by Crippen LogP contribution is -2.28. The van der Waals surface area contributed by atoms with Crippen LogP contribution in [-0.4, -0.2) is 37.8 Å². The molecule has 0 aromatic rings. The van der Waals surface area contributed by atoms with Crippen LogP contribution in [0.1, 0.15) is 142 Å². The topological polar surface area (TPSA) is 105 Å². The summed E-state index contributed by atoms with van der Waals surface area (Å²) in [6, 6.07) is 0. The average Bonchev–Trinajstić information content (AvgIpc) is 2.87. The molecule has 0 aromatic carbocycles. The van der Waals surface area contributed by atoms with Gasteiger partial charge in [0.2, 0.25) is 0 Å². The summed E-state index contributed by atoms with van der Waals surface area (Å²) >= 11 is 0. The highest BCUT2D eigenvalue weighted by Crippen LogP contribution is 2.13. The summed E-state index contributed by atoms with van der Waals surface area (Å²) < 4.78 is 26.1. The molecule has 0 rings (SSSR count). The standard InChI is InChI=1S/C28H54NO6P/c1-2-3-4-5-6-12-16-19-22-28(31)35-26(25-34-36-32)24-33-27(30)21-18-15-13-10-8-7-9-11-14-17-20-23-29/h26H,2-25,29H2,1H3/t26-/m1/s1. The predicted octanol–water partition coefficient (Wildman–Crippen LogP) is 7.84. The van der Waals surface area contributed by atoms with Crippen LogP contribution in [0.3, 0.4) is 0 Å². The lowest BCUT2D eigenvalue weighted by atomic mass is 10.1. The molecule has 0 bridgehead atoms. The Morgan fingerprint density at radius 3 is 1.56 bits per heavy atom. The fourth-order valence-corrected chi connectivity index (χ4v) is 4.37. The lowest BCUT2D eigenvalue weighted by Gasteiger charge is -2.16. The van der Waals surface area contributed by atoms with Crippen molar-refractivity contribution in [2.75, 3.05) is 19.8 Å². The molecule has 0 saturated carbocycles. The maximum absolute atomic E-state index is 12.1. The Morgan fingerprint density at radius 2 is 1.08 bits per heavy atom. The average molecular weight is 532 g/mol. The van der Waals surface area contributed by atoms with E-state index in [1.165, 1.54) is 77.0 Å². The molecule has 36 heavy (non-hydrogen) atoms. The summed E-state index contributed by atoms with van der Waals surface area (Å²) in [6.07, 6.45) is 22.2. The number of esters is 2. The third kappa shape index (κ3) is 26.0. The van der Waals surface area contributed by atoms with Crippen LogP contribution in [0.4, 0.5) is 0 Å². The first-order chi connectivity index (χ1) is 17.6. The van der Waals surface area contributed by atoms with Crippen molar-refractivity contribution in [3.8, 4) is 0 Å². The van der Waals surface area contributed by atoms with E-state index in [1.54, 1.807) is 0 Å². The Bertz CT molecular complexity index is 520. The Kier molecular flexibility index (Phi) is 27.7. The van der Waals surface area contributed by atoms with E-state index in [-0.39, 0.29) is 25.2 Å². The fraction of sp³-hybridized carbons (Fsp3) is 0.929. The van der Waals surface area contributed by atoms with Gasteiger partial charge in [-0.1, -0.05) is 110 Å². The third-order valence-electron chi connectivity index (χ3n) is 6.36. The van der Waals surface area contributed by atoms with Crippen molar-refractivity contribution in [2.24, 2.45) is 5.73 Å². The van der Waals surface area contributed by atoms with E-state index in [4.69, 9.17) is 19.7 Å². The van der Waals surface area contributed by atoms with Gasteiger partial charge < -0.3 is 15.2 Å². The minimum atomic E-state index is -0.729. The smallest absolute Gasteiger partial charge is 0.327 e. The number of ether oxygens (including phenoxy) is 2. The quantitative estimate of drug-likeness (QED) is 0.0623. The van der Waals surface area contributed by atoms with Crippen LogP contribution in [0.5, 0.6) is 0 Å². The molecule has 0 unspecified atom stereocenters. The molecule has 1 atom stereocenters. The van der Waals surface area contributed by atoms with Gasteiger partial charge in [-0.25, -0.2) is 4.57 Å². The van der Waals surface area contributed by atoms with Crippen LogP contribution in [0.15, 0.2) is 0 Å². The van der Waals surface area contributed by atoms with Crippen LogP contribution >= 0.6 is 8.69 Å². The van der Waals surface area contributed by atoms with E-state index in [1.807, 2.05) is 0 Å². The molecule has 0 saturated heterocycles. The highest BCUT2D eigenvalue weighted by molar-refractivity contribution is 7.17. The first kappa shape index (κ1) is 35.0. The zero-order valence-electron chi connectivity index (χ0n) is 23.0. The van der Waals surface area contributed by atoms with Gasteiger partial charge in [0, 0.05) is 12.8 Å². The van der Waals surface area contributed by atoms with Crippen molar-refractivity contribution in [2.45, 2.75) is 148 Å². The largest absolute Gasteiger partial charge is 0.462 e. The van der Waals surface area contributed by atoms with Crippen LogP contribution in [0, 0.1) is 0 Å². The number of hydrogen-bond acceptors (Lipinski definition) is 7. The molecule has 212 valence electrons. The molecular weight excluding hydrogens is 477 g/mol. The molecule has 0 fully saturated rings. The summed E-state index contributed by atoms with van der Waals surface area (Å²) in [5.41, 5.74) is 5.50. The molecule has 0 aliphatic heterocycles. The molecule has 0 spiro atoms. The van der Waals surface area contributed by atoms with Crippen LogP contribution in [-0.2, 0) is 28.2 Å². The maximum Gasteiger partial charge on any atom is 0.327 e. The van der Waals surface area contributed by atoms with Gasteiger partial charge in [-0.05, 0) is 25.8 Å². The minimum Gasteiger partial charge on any atom is -0.462 e. The summed E-state index contributed by atoms with van der Waals surface area (Å²) in [6.45, 7) is 2.88. The molecule has 0 radical (unpaired) electrons. The van der Waals surface area contributed by atoms with Crippen LogP contribution in [0.2, 0.25) is 0 Å².